The Balaban J connectivity index is 3.05. The summed E-state index contributed by atoms with van der Waals surface area (Å²) in [7, 11) is 6.29. The molecule has 0 aliphatic rings. The van der Waals surface area contributed by atoms with E-state index >= 15 is 0 Å². The van der Waals surface area contributed by atoms with E-state index in [9.17, 15) is 0 Å². The number of methoxy groups -OCH3 is 4. The van der Waals surface area contributed by atoms with Crippen LogP contribution in [0.15, 0.2) is 12.1 Å². The summed E-state index contributed by atoms with van der Waals surface area (Å²) >= 11 is 0. The van der Waals surface area contributed by atoms with Gasteiger partial charge in [0.2, 0.25) is 0 Å². The van der Waals surface area contributed by atoms with E-state index in [0.717, 1.165) is 5.56 Å². The second-order valence-electron chi connectivity index (χ2n) is 2.85. The van der Waals surface area contributed by atoms with Gasteiger partial charge in [0.25, 0.3) is 0 Å². The quantitative estimate of drug-likeness (QED) is 0.696. The van der Waals surface area contributed by atoms with Crippen molar-refractivity contribution in [3.05, 3.63) is 23.8 Å². The molecule has 0 heterocycles. The summed E-state index contributed by atoms with van der Waals surface area (Å²) in [6.07, 6.45) is -0.428. The molecule has 0 spiro atoms. The minimum absolute atomic E-state index is 0.428. The second kappa shape index (κ2) is 5.58. The summed E-state index contributed by atoms with van der Waals surface area (Å²) in [6.45, 7) is 0. The first kappa shape index (κ1) is 11.8. The second-order valence-corrected chi connectivity index (χ2v) is 2.85. The molecule has 0 fully saturated rings. The molecule has 0 amide bonds. The maximum Gasteiger partial charge on any atom is 0.183 e. The molecule has 0 unspecified atom stereocenters. The van der Waals surface area contributed by atoms with Gasteiger partial charge in [-0.2, -0.15) is 0 Å². The van der Waals surface area contributed by atoms with Gasteiger partial charge < -0.3 is 18.9 Å². The Bertz CT molecular complexity index is 285. The molecule has 15 heavy (non-hydrogen) atoms. The zero-order valence-corrected chi connectivity index (χ0v) is 9.37. The molecule has 0 saturated carbocycles. The van der Waals surface area contributed by atoms with E-state index in [4.69, 9.17) is 18.9 Å². The van der Waals surface area contributed by atoms with Gasteiger partial charge in [0.1, 0.15) is 11.5 Å². The topological polar surface area (TPSA) is 36.9 Å². The van der Waals surface area contributed by atoms with Crippen LogP contribution in [0.25, 0.3) is 0 Å². The van der Waals surface area contributed by atoms with Crippen LogP contribution in [0.5, 0.6) is 11.5 Å². The van der Waals surface area contributed by atoms with Crippen LogP contribution in [-0.4, -0.2) is 28.4 Å². The molecule has 0 aliphatic carbocycles. The van der Waals surface area contributed by atoms with Crippen molar-refractivity contribution in [1.29, 1.82) is 0 Å². The van der Waals surface area contributed by atoms with Crippen LogP contribution >= 0.6 is 0 Å². The highest BCUT2D eigenvalue weighted by Crippen LogP contribution is 2.27. The van der Waals surface area contributed by atoms with Gasteiger partial charge in [-0.1, -0.05) is 0 Å². The van der Waals surface area contributed by atoms with Crippen molar-refractivity contribution in [2.75, 3.05) is 28.4 Å². The normalized spacial score (nSPS) is 10.5. The Kier molecular flexibility index (Phi) is 4.39. The summed E-state index contributed by atoms with van der Waals surface area (Å²) < 4.78 is 20.5. The summed E-state index contributed by atoms with van der Waals surface area (Å²) in [5.74, 6) is 1.17. The first-order valence-electron chi connectivity index (χ1n) is 4.46. The lowest BCUT2D eigenvalue weighted by Crippen LogP contribution is -2.04. The van der Waals surface area contributed by atoms with Crippen molar-refractivity contribution in [3.8, 4) is 11.5 Å². The molecule has 0 aromatic heterocycles. The van der Waals surface area contributed by atoms with Gasteiger partial charge in [-0.05, 0) is 12.1 Å². The lowest BCUT2D eigenvalue weighted by Gasteiger charge is -2.15. The van der Waals surface area contributed by atoms with Gasteiger partial charge in [0, 0.05) is 19.8 Å². The third kappa shape index (κ3) is 2.84. The SMILES string of the molecule is COc1[c]c(OC)cc(C(OC)OC)c1. The Hall–Kier alpha value is -1.26. The minimum atomic E-state index is -0.428. The van der Waals surface area contributed by atoms with Crippen LogP contribution in [0.1, 0.15) is 11.9 Å². The fourth-order valence-electron chi connectivity index (χ4n) is 1.26. The van der Waals surface area contributed by atoms with Gasteiger partial charge >= 0.3 is 0 Å². The zero-order chi connectivity index (χ0) is 11.3. The predicted octanol–water partition coefficient (Wildman–Crippen LogP) is 1.80. The van der Waals surface area contributed by atoms with Crippen molar-refractivity contribution in [3.63, 3.8) is 0 Å². The van der Waals surface area contributed by atoms with E-state index in [1.165, 1.54) is 0 Å². The Morgan fingerprint density at radius 1 is 0.933 bits per heavy atom. The summed E-state index contributed by atoms with van der Waals surface area (Å²) in [6, 6.07) is 6.52. The third-order valence-corrected chi connectivity index (χ3v) is 1.98. The van der Waals surface area contributed by atoms with E-state index in [1.807, 2.05) is 0 Å². The van der Waals surface area contributed by atoms with Crippen molar-refractivity contribution in [1.82, 2.24) is 0 Å². The number of benzene rings is 1. The predicted molar refractivity (Wildman–Crippen MR) is 55.1 cm³/mol. The number of hydrogen-bond donors (Lipinski definition) is 0. The largest absolute Gasteiger partial charge is 0.496 e. The van der Waals surface area contributed by atoms with E-state index in [-0.39, 0.29) is 0 Å². The summed E-state index contributed by atoms with van der Waals surface area (Å²) in [4.78, 5) is 0. The van der Waals surface area contributed by atoms with Crippen LogP contribution in [0.3, 0.4) is 0 Å². The average Bonchev–Trinajstić information content (AvgIpc) is 2.30. The molecule has 1 aromatic carbocycles. The molecular weight excluding hydrogens is 196 g/mol. The first-order valence-corrected chi connectivity index (χ1v) is 4.46. The van der Waals surface area contributed by atoms with Crippen LogP contribution in [0.2, 0.25) is 0 Å². The highest BCUT2D eigenvalue weighted by Gasteiger charge is 2.12. The number of rotatable bonds is 5. The highest BCUT2D eigenvalue weighted by molar-refractivity contribution is 5.37. The molecule has 83 valence electrons. The molecule has 1 radical (unpaired) electrons. The fourth-order valence-corrected chi connectivity index (χ4v) is 1.26. The molecule has 0 saturated heterocycles. The fraction of sp³-hybridized carbons (Fsp3) is 0.455. The van der Waals surface area contributed by atoms with Gasteiger partial charge in [-0.3, -0.25) is 0 Å². The zero-order valence-electron chi connectivity index (χ0n) is 9.37. The number of hydrogen-bond acceptors (Lipinski definition) is 4. The Morgan fingerprint density at radius 3 is 1.73 bits per heavy atom. The maximum absolute atomic E-state index is 5.14. The van der Waals surface area contributed by atoms with Crippen molar-refractivity contribution in [2.24, 2.45) is 0 Å². The minimum Gasteiger partial charge on any atom is -0.496 e. The van der Waals surface area contributed by atoms with Gasteiger partial charge in [0.05, 0.1) is 20.3 Å². The number of ether oxygens (including phenoxy) is 4. The Morgan fingerprint density at radius 2 is 1.40 bits per heavy atom. The standard InChI is InChI=1S/C11H15O4/c1-12-9-5-8(11(14-3)15-4)6-10(7-9)13-2/h5-6,11H,1-4H3. The molecular formula is C11H15O4. The molecule has 1 rings (SSSR count). The van der Waals surface area contributed by atoms with Crippen molar-refractivity contribution >= 4 is 0 Å². The van der Waals surface area contributed by atoms with Gasteiger partial charge in [-0.15, -0.1) is 0 Å². The van der Waals surface area contributed by atoms with Crippen LogP contribution in [-0.2, 0) is 9.47 Å². The summed E-state index contributed by atoms with van der Waals surface area (Å²) in [5.41, 5.74) is 0.826. The highest BCUT2D eigenvalue weighted by atomic mass is 16.7. The van der Waals surface area contributed by atoms with E-state index in [0.29, 0.717) is 11.5 Å². The van der Waals surface area contributed by atoms with E-state index < -0.39 is 6.29 Å². The van der Waals surface area contributed by atoms with Gasteiger partial charge in [-0.25, -0.2) is 0 Å². The maximum atomic E-state index is 5.14. The van der Waals surface area contributed by atoms with Crippen LogP contribution < -0.4 is 9.47 Å². The lowest BCUT2D eigenvalue weighted by molar-refractivity contribution is -0.106. The lowest BCUT2D eigenvalue weighted by atomic mass is 10.2. The monoisotopic (exact) mass is 211 g/mol. The average molecular weight is 211 g/mol. The van der Waals surface area contributed by atoms with Crippen molar-refractivity contribution < 1.29 is 18.9 Å². The Labute approximate surface area is 89.7 Å². The molecule has 0 bridgehead atoms. The summed E-state index contributed by atoms with van der Waals surface area (Å²) in [5, 5.41) is 0. The van der Waals surface area contributed by atoms with Crippen LogP contribution in [0, 0.1) is 6.07 Å². The van der Waals surface area contributed by atoms with Crippen LogP contribution in [0.4, 0.5) is 0 Å². The molecule has 4 heteroatoms. The van der Waals surface area contributed by atoms with Crippen molar-refractivity contribution in [2.45, 2.75) is 6.29 Å². The smallest absolute Gasteiger partial charge is 0.183 e. The van der Waals surface area contributed by atoms with Gasteiger partial charge in [0.15, 0.2) is 6.29 Å². The third-order valence-electron chi connectivity index (χ3n) is 1.98. The molecule has 0 aliphatic heterocycles. The molecule has 0 N–H and O–H groups in total. The van der Waals surface area contributed by atoms with E-state index in [1.54, 1.807) is 40.6 Å². The molecule has 0 atom stereocenters. The first-order chi connectivity index (χ1) is 7.24. The molecule has 4 nitrogen and oxygen atoms in total. The molecule has 1 aromatic rings. The van der Waals surface area contributed by atoms with E-state index in [2.05, 4.69) is 6.07 Å².